The third-order valence-corrected chi connectivity index (χ3v) is 4.55. The standard InChI is InChI=1S/C18H21N3O4S/c1-12-2-4-13(5-3-12)6-7-15(22)20-10-16(23)19-9-8-17-21-14(11-26-17)18(24)25/h2-5,11H,6-10H2,1H3,(H,19,23)(H,20,22)(H,24,25). The molecule has 1 heterocycles. The number of aromatic carboxylic acids is 1. The molecule has 0 aliphatic rings. The van der Waals surface area contributed by atoms with E-state index >= 15 is 0 Å². The number of carboxylic acids is 1. The molecule has 0 bridgehead atoms. The number of nitrogens with one attached hydrogen (secondary N) is 2. The molecule has 26 heavy (non-hydrogen) atoms. The molecule has 0 fully saturated rings. The van der Waals surface area contributed by atoms with E-state index in [1.54, 1.807) is 0 Å². The van der Waals surface area contributed by atoms with Gasteiger partial charge in [-0.05, 0) is 18.9 Å². The molecule has 0 saturated heterocycles. The van der Waals surface area contributed by atoms with Crippen LogP contribution in [-0.4, -0.2) is 41.0 Å². The predicted molar refractivity (Wildman–Crippen MR) is 98.3 cm³/mol. The Morgan fingerprint density at radius 2 is 1.81 bits per heavy atom. The summed E-state index contributed by atoms with van der Waals surface area (Å²) in [6, 6.07) is 7.98. The van der Waals surface area contributed by atoms with Gasteiger partial charge >= 0.3 is 5.97 Å². The number of carboxylic acid groups (broad SMARTS) is 1. The summed E-state index contributed by atoms with van der Waals surface area (Å²) >= 11 is 1.24. The second kappa shape index (κ2) is 9.67. The minimum atomic E-state index is -1.06. The molecule has 0 radical (unpaired) electrons. The van der Waals surface area contributed by atoms with Gasteiger partial charge in [-0.15, -0.1) is 11.3 Å². The first-order chi connectivity index (χ1) is 12.4. The molecule has 2 aromatic rings. The number of rotatable bonds is 9. The molecule has 0 unspecified atom stereocenters. The molecule has 0 atom stereocenters. The molecule has 0 saturated carbocycles. The van der Waals surface area contributed by atoms with Gasteiger partial charge in [-0.3, -0.25) is 9.59 Å². The minimum Gasteiger partial charge on any atom is -0.476 e. The third kappa shape index (κ3) is 6.64. The van der Waals surface area contributed by atoms with Crippen LogP contribution in [0.5, 0.6) is 0 Å². The van der Waals surface area contributed by atoms with E-state index in [9.17, 15) is 14.4 Å². The zero-order chi connectivity index (χ0) is 18.9. The Hall–Kier alpha value is -2.74. The monoisotopic (exact) mass is 375 g/mol. The van der Waals surface area contributed by atoms with Crippen LogP contribution in [0.25, 0.3) is 0 Å². The van der Waals surface area contributed by atoms with Crippen molar-refractivity contribution in [2.24, 2.45) is 0 Å². The number of benzene rings is 1. The van der Waals surface area contributed by atoms with Gasteiger partial charge in [-0.25, -0.2) is 9.78 Å². The van der Waals surface area contributed by atoms with Crippen LogP contribution in [0.1, 0.15) is 33.0 Å². The number of hydrogen-bond acceptors (Lipinski definition) is 5. The zero-order valence-corrected chi connectivity index (χ0v) is 15.3. The van der Waals surface area contributed by atoms with Gasteiger partial charge in [0.1, 0.15) is 0 Å². The van der Waals surface area contributed by atoms with E-state index in [4.69, 9.17) is 5.11 Å². The maximum atomic E-state index is 11.8. The molecule has 8 heteroatoms. The van der Waals surface area contributed by atoms with Gasteiger partial charge in [0.2, 0.25) is 11.8 Å². The number of nitrogens with zero attached hydrogens (tertiary/aromatic N) is 1. The van der Waals surface area contributed by atoms with Crippen molar-refractivity contribution in [1.82, 2.24) is 15.6 Å². The molecule has 1 aromatic heterocycles. The smallest absolute Gasteiger partial charge is 0.355 e. The normalized spacial score (nSPS) is 10.3. The van der Waals surface area contributed by atoms with Gasteiger partial charge in [-0.1, -0.05) is 29.8 Å². The first kappa shape index (κ1) is 19.6. The number of carbonyl (C=O) groups excluding carboxylic acids is 2. The summed E-state index contributed by atoms with van der Waals surface area (Å²) in [5.74, 6) is -1.53. The Kier molecular flexibility index (Phi) is 7.28. The highest BCUT2D eigenvalue weighted by Crippen LogP contribution is 2.09. The van der Waals surface area contributed by atoms with Crippen molar-refractivity contribution in [2.45, 2.75) is 26.2 Å². The minimum absolute atomic E-state index is 0.0113. The summed E-state index contributed by atoms with van der Waals surface area (Å²) in [6.07, 6.45) is 1.40. The Morgan fingerprint density at radius 3 is 2.46 bits per heavy atom. The lowest BCUT2D eigenvalue weighted by molar-refractivity contribution is -0.126. The largest absolute Gasteiger partial charge is 0.476 e. The molecule has 2 rings (SSSR count). The van der Waals surface area contributed by atoms with E-state index in [-0.39, 0.29) is 24.1 Å². The van der Waals surface area contributed by atoms with E-state index in [2.05, 4.69) is 15.6 Å². The van der Waals surface area contributed by atoms with Crippen molar-refractivity contribution in [3.8, 4) is 0 Å². The highest BCUT2D eigenvalue weighted by atomic mass is 32.1. The molecular weight excluding hydrogens is 354 g/mol. The van der Waals surface area contributed by atoms with E-state index in [0.717, 1.165) is 5.56 Å². The Labute approximate surface area is 155 Å². The lowest BCUT2D eigenvalue weighted by Crippen LogP contribution is -2.37. The van der Waals surface area contributed by atoms with E-state index in [0.29, 0.717) is 30.8 Å². The van der Waals surface area contributed by atoms with Crippen LogP contribution >= 0.6 is 11.3 Å². The van der Waals surface area contributed by atoms with Crippen LogP contribution in [0.2, 0.25) is 0 Å². The van der Waals surface area contributed by atoms with Crippen molar-refractivity contribution in [1.29, 1.82) is 0 Å². The van der Waals surface area contributed by atoms with Crippen LogP contribution in [0.4, 0.5) is 0 Å². The number of thiazole rings is 1. The quantitative estimate of drug-likeness (QED) is 0.616. The number of aryl methyl sites for hydroxylation is 2. The van der Waals surface area contributed by atoms with Gasteiger partial charge < -0.3 is 15.7 Å². The molecule has 7 nitrogen and oxygen atoms in total. The summed E-state index contributed by atoms with van der Waals surface area (Å²) in [6.45, 7) is 2.27. The Morgan fingerprint density at radius 1 is 1.08 bits per heavy atom. The van der Waals surface area contributed by atoms with Crippen molar-refractivity contribution in [3.05, 3.63) is 51.5 Å². The van der Waals surface area contributed by atoms with E-state index in [1.807, 2.05) is 31.2 Å². The maximum absolute atomic E-state index is 11.8. The number of amides is 2. The average Bonchev–Trinajstić information content (AvgIpc) is 3.09. The topological polar surface area (TPSA) is 108 Å². The molecule has 0 spiro atoms. The summed E-state index contributed by atoms with van der Waals surface area (Å²) in [4.78, 5) is 38.2. The van der Waals surface area contributed by atoms with Crippen molar-refractivity contribution >= 4 is 29.1 Å². The predicted octanol–water partition coefficient (Wildman–Crippen LogP) is 1.56. The summed E-state index contributed by atoms with van der Waals surface area (Å²) in [7, 11) is 0. The Balaban J connectivity index is 1.60. The first-order valence-electron chi connectivity index (χ1n) is 8.20. The number of hydrogen-bond donors (Lipinski definition) is 3. The van der Waals surface area contributed by atoms with Crippen LogP contribution in [-0.2, 0) is 22.4 Å². The molecular formula is C18H21N3O4S. The van der Waals surface area contributed by atoms with Gasteiger partial charge in [-0.2, -0.15) is 0 Å². The first-order valence-corrected chi connectivity index (χ1v) is 9.08. The van der Waals surface area contributed by atoms with E-state index in [1.165, 1.54) is 22.3 Å². The molecule has 3 N–H and O–H groups in total. The fourth-order valence-electron chi connectivity index (χ4n) is 2.18. The summed E-state index contributed by atoms with van der Waals surface area (Å²) < 4.78 is 0. The molecule has 1 aromatic carbocycles. The average molecular weight is 375 g/mol. The van der Waals surface area contributed by atoms with Gasteiger partial charge in [0.05, 0.1) is 11.6 Å². The molecule has 0 aliphatic heterocycles. The fraction of sp³-hybridized carbons (Fsp3) is 0.333. The third-order valence-electron chi connectivity index (χ3n) is 3.64. The molecule has 0 aliphatic carbocycles. The lowest BCUT2D eigenvalue weighted by Gasteiger charge is -2.06. The van der Waals surface area contributed by atoms with Crippen molar-refractivity contribution in [3.63, 3.8) is 0 Å². The van der Waals surface area contributed by atoms with Crippen molar-refractivity contribution in [2.75, 3.05) is 13.1 Å². The van der Waals surface area contributed by atoms with Gasteiger partial charge in [0.25, 0.3) is 0 Å². The number of carbonyl (C=O) groups is 3. The van der Waals surface area contributed by atoms with Crippen LogP contribution in [0.3, 0.4) is 0 Å². The van der Waals surface area contributed by atoms with Crippen LogP contribution < -0.4 is 10.6 Å². The van der Waals surface area contributed by atoms with Gasteiger partial charge in [0.15, 0.2) is 5.69 Å². The maximum Gasteiger partial charge on any atom is 0.355 e. The van der Waals surface area contributed by atoms with E-state index < -0.39 is 5.97 Å². The summed E-state index contributed by atoms with van der Waals surface area (Å²) in [5.41, 5.74) is 2.27. The second-order valence-corrected chi connectivity index (χ2v) is 6.74. The highest BCUT2D eigenvalue weighted by Gasteiger charge is 2.09. The SMILES string of the molecule is Cc1ccc(CCC(=O)NCC(=O)NCCc2nc(C(=O)O)cs2)cc1. The Bertz CT molecular complexity index is 771. The lowest BCUT2D eigenvalue weighted by atomic mass is 10.1. The molecule has 2 amide bonds. The number of aromatic nitrogens is 1. The molecule has 138 valence electrons. The fourth-order valence-corrected chi connectivity index (χ4v) is 2.95. The van der Waals surface area contributed by atoms with Crippen molar-refractivity contribution < 1.29 is 19.5 Å². The summed E-state index contributed by atoms with van der Waals surface area (Å²) in [5, 5.41) is 16.2. The zero-order valence-electron chi connectivity index (χ0n) is 14.4. The highest BCUT2D eigenvalue weighted by molar-refractivity contribution is 7.09. The van der Waals surface area contributed by atoms with Crippen LogP contribution in [0, 0.1) is 6.92 Å². The van der Waals surface area contributed by atoms with Gasteiger partial charge in [0, 0.05) is 24.8 Å². The van der Waals surface area contributed by atoms with Crippen LogP contribution in [0.15, 0.2) is 29.6 Å². The second-order valence-electron chi connectivity index (χ2n) is 5.79.